The molecule has 170 valence electrons. The van der Waals surface area contributed by atoms with Crippen molar-refractivity contribution in [3.8, 4) is 6.07 Å². The molecule has 1 saturated heterocycles. The first-order valence-electron chi connectivity index (χ1n) is 11.1. The van der Waals surface area contributed by atoms with Gasteiger partial charge in [0.1, 0.15) is 0 Å². The zero-order valence-corrected chi connectivity index (χ0v) is 18.2. The first kappa shape index (κ1) is 22.4. The summed E-state index contributed by atoms with van der Waals surface area (Å²) in [4.78, 5) is 39.9. The largest absolute Gasteiger partial charge is 0.346 e. The van der Waals surface area contributed by atoms with E-state index in [0.717, 1.165) is 11.1 Å². The summed E-state index contributed by atoms with van der Waals surface area (Å²) in [7, 11) is 0. The van der Waals surface area contributed by atoms with E-state index in [9.17, 15) is 23.2 Å². The lowest BCUT2D eigenvalue weighted by Crippen LogP contribution is -2.38. The van der Waals surface area contributed by atoms with Gasteiger partial charge in [-0.15, -0.1) is 0 Å². The van der Waals surface area contributed by atoms with Gasteiger partial charge in [0.05, 0.1) is 18.0 Å². The molecule has 0 radical (unpaired) electrons. The van der Waals surface area contributed by atoms with Gasteiger partial charge in [-0.05, 0) is 29.0 Å². The Morgan fingerprint density at radius 1 is 1.28 bits per heavy atom. The Morgan fingerprint density at radius 3 is 2.72 bits per heavy atom. The zero-order chi connectivity index (χ0) is 23.2. The smallest absolute Gasteiger partial charge is 0.250 e. The van der Waals surface area contributed by atoms with Crippen LogP contribution in [0.25, 0.3) is 0 Å². The molecular formula is C24H27F2N3O3. The third kappa shape index (κ3) is 4.13. The lowest BCUT2D eigenvalue weighted by atomic mass is 9.87. The summed E-state index contributed by atoms with van der Waals surface area (Å²) >= 11 is 0. The molecule has 8 heteroatoms. The molecule has 1 N–H and O–H groups in total. The van der Waals surface area contributed by atoms with Crippen molar-refractivity contribution in [1.29, 1.82) is 5.26 Å². The van der Waals surface area contributed by atoms with Crippen LogP contribution in [0.2, 0.25) is 0 Å². The number of rotatable bonds is 5. The van der Waals surface area contributed by atoms with Gasteiger partial charge < -0.3 is 10.2 Å². The summed E-state index contributed by atoms with van der Waals surface area (Å²) in [5, 5.41) is 11.7. The van der Waals surface area contributed by atoms with E-state index in [1.807, 2.05) is 18.2 Å². The molecule has 4 atom stereocenters. The molecule has 1 saturated carbocycles. The Balaban J connectivity index is 1.38. The highest BCUT2D eigenvalue weighted by atomic mass is 19.3. The number of hydrogen-bond donors (Lipinski definition) is 1. The number of hydrogen-bond acceptors (Lipinski definition) is 4. The van der Waals surface area contributed by atoms with Crippen LogP contribution in [0.1, 0.15) is 62.1 Å². The van der Waals surface area contributed by atoms with Crippen LogP contribution in [-0.2, 0) is 27.5 Å². The van der Waals surface area contributed by atoms with Crippen molar-refractivity contribution in [3.63, 3.8) is 0 Å². The van der Waals surface area contributed by atoms with Crippen LogP contribution in [0.4, 0.5) is 8.78 Å². The minimum atomic E-state index is -3.04. The van der Waals surface area contributed by atoms with Gasteiger partial charge in [-0.1, -0.05) is 32.0 Å². The molecule has 6 nitrogen and oxygen atoms in total. The molecule has 0 aromatic heterocycles. The van der Waals surface area contributed by atoms with E-state index in [1.54, 1.807) is 4.90 Å². The maximum atomic E-state index is 13.7. The van der Waals surface area contributed by atoms with Gasteiger partial charge in [0.15, 0.2) is 5.78 Å². The second-order valence-electron chi connectivity index (χ2n) is 9.60. The topological polar surface area (TPSA) is 90.3 Å². The molecular weight excluding hydrogens is 416 g/mol. The minimum Gasteiger partial charge on any atom is -0.346 e. The van der Waals surface area contributed by atoms with E-state index >= 15 is 0 Å². The second kappa shape index (κ2) is 8.27. The quantitative estimate of drug-likeness (QED) is 0.756. The number of nitrogens with one attached hydrogen (secondary N) is 1. The monoisotopic (exact) mass is 443 g/mol. The van der Waals surface area contributed by atoms with Crippen molar-refractivity contribution in [1.82, 2.24) is 10.2 Å². The number of carbonyl (C=O) groups is 3. The first-order valence-corrected chi connectivity index (χ1v) is 11.1. The summed E-state index contributed by atoms with van der Waals surface area (Å²) in [6, 6.07) is 6.96. The van der Waals surface area contributed by atoms with Gasteiger partial charge >= 0.3 is 0 Å². The molecule has 32 heavy (non-hydrogen) atoms. The summed E-state index contributed by atoms with van der Waals surface area (Å²) in [6.07, 6.45) is -1.22. The molecule has 4 rings (SSSR count). The first-order chi connectivity index (χ1) is 15.1. The lowest BCUT2D eigenvalue weighted by molar-refractivity contribution is -0.135. The molecule has 3 aliphatic rings. The van der Waals surface area contributed by atoms with E-state index in [0.29, 0.717) is 19.0 Å². The van der Waals surface area contributed by atoms with Crippen molar-refractivity contribution >= 4 is 17.6 Å². The molecule has 2 aliphatic heterocycles. The number of benzene rings is 1. The molecule has 0 bridgehead atoms. The van der Waals surface area contributed by atoms with Crippen molar-refractivity contribution in [2.45, 2.75) is 70.5 Å². The van der Waals surface area contributed by atoms with Crippen LogP contribution in [0.15, 0.2) is 18.2 Å². The van der Waals surface area contributed by atoms with E-state index in [4.69, 9.17) is 5.26 Å². The molecule has 2 fully saturated rings. The highest BCUT2D eigenvalue weighted by Crippen LogP contribution is 2.44. The normalized spacial score (nSPS) is 28.5. The predicted molar refractivity (Wildman–Crippen MR) is 111 cm³/mol. The number of ketones is 1. The Morgan fingerprint density at radius 2 is 2.03 bits per heavy atom. The summed E-state index contributed by atoms with van der Waals surface area (Å²) in [6.45, 7) is 5.21. The number of amides is 2. The lowest BCUT2D eigenvalue weighted by Gasteiger charge is -2.18. The second-order valence-corrected chi connectivity index (χ2v) is 9.60. The van der Waals surface area contributed by atoms with Crippen LogP contribution in [0.3, 0.4) is 0 Å². The Labute approximate surface area is 186 Å². The van der Waals surface area contributed by atoms with Crippen LogP contribution >= 0.6 is 0 Å². The highest BCUT2D eigenvalue weighted by molar-refractivity contribution is 5.96. The Bertz CT molecular complexity index is 1000. The van der Waals surface area contributed by atoms with E-state index in [-0.39, 0.29) is 18.7 Å². The van der Waals surface area contributed by atoms with Crippen molar-refractivity contribution in [3.05, 3.63) is 34.9 Å². The van der Waals surface area contributed by atoms with Crippen LogP contribution in [0.5, 0.6) is 0 Å². The van der Waals surface area contributed by atoms with E-state index < -0.39 is 54.3 Å². The minimum absolute atomic E-state index is 0.0247. The van der Waals surface area contributed by atoms with Crippen molar-refractivity contribution in [2.24, 2.45) is 17.8 Å². The number of carbonyl (C=O) groups excluding carboxylic acids is 3. The van der Waals surface area contributed by atoms with E-state index in [1.165, 1.54) is 5.56 Å². The standard InChI is InChI=1S/C24H27F2N3O3/c1-13(2)17-5-3-4-14-11-29(12-19(14)17)21(30)7-15-6-20(28-23(15)32)22(31)18-9-24(25,26)8-16(18)10-27/h3-5,13,15-16,18,20H,6-9,11-12H2,1-2H3,(H,28,32)/t15-,16-,18?,20-/m0/s1. The molecule has 1 unspecified atom stereocenters. The predicted octanol–water partition coefficient (Wildman–Crippen LogP) is 3.30. The van der Waals surface area contributed by atoms with Crippen LogP contribution < -0.4 is 5.32 Å². The fraction of sp³-hybridized carbons (Fsp3) is 0.583. The van der Waals surface area contributed by atoms with Gasteiger partial charge in [-0.25, -0.2) is 8.78 Å². The SMILES string of the molecule is CC(C)c1cccc2c1CN(C(=O)C[C@@H]1C[C@@H](C(=O)C3CC(F)(F)C[C@H]3C#N)NC1=O)C2. The summed E-state index contributed by atoms with van der Waals surface area (Å²) in [5.74, 6) is -6.60. The third-order valence-corrected chi connectivity index (χ3v) is 7.02. The molecule has 1 aliphatic carbocycles. The number of halogens is 2. The van der Waals surface area contributed by atoms with Crippen LogP contribution in [0, 0.1) is 29.1 Å². The summed E-state index contributed by atoms with van der Waals surface area (Å²) in [5.41, 5.74) is 3.48. The van der Waals surface area contributed by atoms with Crippen LogP contribution in [-0.4, -0.2) is 34.5 Å². The van der Waals surface area contributed by atoms with Crippen molar-refractivity contribution in [2.75, 3.05) is 0 Å². The molecule has 2 heterocycles. The molecule has 1 aromatic rings. The number of alkyl halides is 2. The zero-order valence-electron chi connectivity index (χ0n) is 18.2. The van der Waals surface area contributed by atoms with Gasteiger partial charge in [0.25, 0.3) is 0 Å². The maximum absolute atomic E-state index is 13.7. The van der Waals surface area contributed by atoms with Gasteiger partial charge in [-0.2, -0.15) is 5.26 Å². The molecule has 1 aromatic carbocycles. The number of nitriles is 1. The Kier molecular flexibility index (Phi) is 5.78. The number of nitrogens with zero attached hydrogens (tertiary/aromatic N) is 2. The fourth-order valence-corrected chi connectivity index (χ4v) is 5.31. The Hall–Kier alpha value is -2.82. The van der Waals surface area contributed by atoms with E-state index in [2.05, 4.69) is 25.2 Å². The molecule has 0 spiro atoms. The highest BCUT2D eigenvalue weighted by Gasteiger charge is 2.52. The van der Waals surface area contributed by atoms with Crippen molar-refractivity contribution < 1.29 is 23.2 Å². The number of Topliss-reactive ketones (excluding diaryl/α,β-unsaturated/α-hetero) is 1. The average molecular weight is 443 g/mol. The maximum Gasteiger partial charge on any atom is 0.250 e. The molecule has 2 amide bonds. The van der Waals surface area contributed by atoms with Gasteiger partial charge in [-0.3, -0.25) is 14.4 Å². The van der Waals surface area contributed by atoms with Gasteiger partial charge in [0.2, 0.25) is 17.7 Å². The third-order valence-electron chi connectivity index (χ3n) is 7.02. The average Bonchev–Trinajstić information content (AvgIpc) is 3.41. The fourth-order valence-electron chi connectivity index (χ4n) is 5.31. The summed E-state index contributed by atoms with van der Waals surface area (Å²) < 4.78 is 27.5. The number of fused-ring (bicyclic) bond motifs is 1. The van der Waals surface area contributed by atoms with Gasteiger partial charge in [0, 0.05) is 44.2 Å².